The highest BCUT2D eigenvalue weighted by atomic mass is 16.3. The number of aliphatic hydroxyl groups is 1. The summed E-state index contributed by atoms with van der Waals surface area (Å²) in [4.78, 5) is 0. The van der Waals surface area contributed by atoms with Crippen LogP contribution < -0.4 is 0 Å². The smallest absolute Gasteiger partial charge is 0.0862 e. The first-order chi connectivity index (χ1) is 4.13. The van der Waals surface area contributed by atoms with E-state index in [4.69, 9.17) is 0 Å². The van der Waals surface area contributed by atoms with E-state index in [-0.39, 0.29) is 5.92 Å². The fourth-order valence-corrected chi connectivity index (χ4v) is 0.828. The van der Waals surface area contributed by atoms with Crippen molar-refractivity contribution in [1.82, 2.24) is 0 Å². The molecule has 9 heavy (non-hydrogen) atoms. The molecule has 0 saturated carbocycles. The summed E-state index contributed by atoms with van der Waals surface area (Å²) >= 11 is 0. The quantitative estimate of drug-likeness (QED) is 0.519. The zero-order valence-corrected chi connectivity index (χ0v) is 5.83. The first-order valence-corrected chi connectivity index (χ1v) is 3.21. The van der Waals surface area contributed by atoms with E-state index in [1.807, 2.05) is 38.2 Å². The largest absolute Gasteiger partial charge is 0.385 e. The van der Waals surface area contributed by atoms with Crippen LogP contribution in [0.5, 0.6) is 0 Å². The van der Waals surface area contributed by atoms with Gasteiger partial charge in [-0.2, -0.15) is 0 Å². The van der Waals surface area contributed by atoms with Gasteiger partial charge in [-0.15, -0.1) is 0 Å². The van der Waals surface area contributed by atoms with Crippen molar-refractivity contribution in [1.29, 1.82) is 0 Å². The fraction of sp³-hybridized carbons (Fsp3) is 0.500. The van der Waals surface area contributed by atoms with Crippen molar-refractivity contribution in [2.75, 3.05) is 0 Å². The highest BCUT2D eigenvalue weighted by Crippen LogP contribution is 2.22. The molecule has 1 heteroatoms. The Morgan fingerprint density at radius 1 is 1.44 bits per heavy atom. The lowest BCUT2D eigenvalue weighted by Gasteiger charge is -2.26. The van der Waals surface area contributed by atoms with Gasteiger partial charge < -0.3 is 5.11 Å². The van der Waals surface area contributed by atoms with Gasteiger partial charge in [-0.1, -0.05) is 31.2 Å². The second kappa shape index (κ2) is 1.99. The summed E-state index contributed by atoms with van der Waals surface area (Å²) in [5.41, 5.74) is -0.630. The van der Waals surface area contributed by atoms with Crippen LogP contribution in [0.2, 0.25) is 0 Å². The van der Waals surface area contributed by atoms with Crippen LogP contribution in [-0.4, -0.2) is 10.7 Å². The highest BCUT2D eigenvalue weighted by molar-refractivity contribution is 5.19. The standard InChI is InChI=1S/C8H12O/c1-7-5-3-4-6-8(7,2)9/h3-7,9H,1-2H3. The Labute approximate surface area is 55.7 Å². The van der Waals surface area contributed by atoms with Gasteiger partial charge in [-0.3, -0.25) is 0 Å². The third-order valence-corrected chi connectivity index (χ3v) is 1.87. The lowest BCUT2D eigenvalue weighted by molar-refractivity contribution is 0.0730. The van der Waals surface area contributed by atoms with Gasteiger partial charge in [0, 0.05) is 5.92 Å². The first-order valence-electron chi connectivity index (χ1n) is 3.21. The number of rotatable bonds is 0. The first kappa shape index (κ1) is 6.56. The summed E-state index contributed by atoms with van der Waals surface area (Å²) in [6.07, 6.45) is 7.65. The minimum Gasteiger partial charge on any atom is -0.385 e. The van der Waals surface area contributed by atoms with E-state index < -0.39 is 5.60 Å². The van der Waals surface area contributed by atoms with Crippen LogP contribution in [0.3, 0.4) is 0 Å². The fourth-order valence-electron chi connectivity index (χ4n) is 0.828. The molecule has 0 aromatic carbocycles. The normalized spacial score (nSPS) is 41.4. The van der Waals surface area contributed by atoms with Gasteiger partial charge in [0.2, 0.25) is 0 Å². The summed E-state index contributed by atoms with van der Waals surface area (Å²) in [5, 5.41) is 9.50. The summed E-state index contributed by atoms with van der Waals surface area (Å²) in [6.45, 7) is 3.82. The third kappa shape index (κ3) is 1.22. The van der Waals surface area contributed by atoms with Gasteiger partial charge in [-0.25, -0.2) is 0 Å². The second-order valence-electron chi connectivity index (χ2n) is 2.76. The topological polar surface area (TPSA) is 20.2 Å². The average molecular weight is 124 g/mol. The van der Waals surface area contributed by atoms with Crippen LogP contribution in [0, 0.1) is 5.92 Å². The van der Waals surface area contributed by atoms with Crippen molar-refractivity contribution in [2.45, 2.75) is 19.4 Å². The molecule has 2 atom stereocenters. The SMILES string of the molecule is CC1C=CC=CC1(C)O. The molecule has 50 valence electrons. The molecule has 0 aromatic heterocycles. The van der Waals surface area contributed by atoms with Crippen LogP contribution in [0.1, 0.15) is 13.8 Å². The molecule has 0 amide bonds. The van der Waals surface area contributed by atoms with Gasteiger partial charge >= 0.3 is 0 Å². The number of hydrogen-bond donors (Lipinski definition) is 1. The van der Waals surface area contributed by atoms with Crippen LogP contribution in [-0.2, 0) is 0 Å². The molecule has 0 aromatic rings. The molecule has 0 bridgehead atoms. The van der Waals surface area contributed by atoms with E-state index in [2.05, 4.69) is 0 Å². The molecule has 1 aliphatic rings. The minimum atomic E-state index is -0.630. The minimum absolute atomic E-state index is 0.238. The lowest BCUT2D eigenvalue weighted by atomic mass is 9.87. The van der Waals surface area contributed by atoms with Crippen molar-refractivity contribution in [3.8, 4) is 0 Å². The second-order valence-corrected chi connectivity index (χ2v) is 2.76. The van der Waals surface area contributed by atoms with E-state index in [1.165, 1.54) is 0 Å². The van der Waals surface area contributed by atoms with E-state index in [1.54, 1.807) is 0 Å². The average Bonchev–Trinajstić information content (AvgIpc) is 1.77. The van der Waals surface area contributed by atoms with Crippen molar-refractivity contribution >= 4 is 0 Å². The maximum atomic E-state index is 9.50. The van der Waals surface area contributed by atoms with Crippen LogP contribution >= 0.6 is 0 Å². The Balaban J connectivity index is 2.78. The molecule has 0 spiro atoms. The van der Waals surface area contributed by atoms with Gasteiger partial charge in [0.15, 0.2) is 0 Å². The van der Waals surface area contributed by atoms with Crippen molar-refractivity contribution < 1.29 is 5.11 Å². The predicted octanol–water partition coefficient (Wildman–Crippen LogP) is 1.50. The molecule has 1 rings (SSSR count). The number of hydrogen-bond acceptors (Lipinski definition) is 1. The Morgan fingerprint density at radius 3 is 2.44 bits per heavy atom. The Bertz CT molecular complexity index is 154. The molecule has 0 heterocycles. The molecular weight excluding hydrogens is 112 g/mol. The summed E-state index contributed by atoms with van der Waals surface area (Å²) < 4.78 is 0. The van der Waals surface area contributed by atoms with Crippen molar-refractivity contribution in [2.24, 2.45) is 5.92 Å². The monoisotopic (exact) mass is 124 g/mol. The zero-order valence-electron chi connectivity index (χ0n) is 5.83. The molecule has 0 fully saturated rings. The van der Waals surface area contributed by atoms with Gasteiger partial charge in [0.05, 0.1) is 5.60 Å². The molecule has 0 saturated heterocycles. The Hall–Kier alpha value is -0.560. The Kier molecular flexibility index (Phi) is 1.45. The van der Waals surface area contributed by atoms with Gasteiger partial charge in [-0.05, 0) is 6.92 Å². The third-order valence-electron chi connectivity index (χ3n) is 1.87. The van der Waals surface area contributed by atoms with E-state index in [0.717, 1.165) is 0 Å². The zero-order chi connectivity index (χ0) is 6.91. The van der Waals surface area contributed by atoms with Crippen molar-refractivity contribution in [3.63, 3.8) is 0 Å². The van der Waals surface area contributed by atoms with E-state index >= 15 is 0 Å². The summed E-state index contributed by atoms with van der Waals surface area (Å²) in [6, 6.07) is 0. The molecule has 0 aliphatic heterocycles. The molecule has 2 unspecified atom stereocenters. The van der Waals surface area contributed by atoms with Crippen LogP contribution in [0.4, 0.5) is 0 Å². The summed E-state index contributed by atoms with van der Waals surface area (Å²) in [7, 11) is 0. The highest BCUT2D eigenvalue weighted by Gasteiger charge is 2.23. The lowest BCUT2D eigenvalue weighted by Crippen LogP contribution is -2.29. The molecule has 0 radical (unpaired) electrons. The number of allylic oxidation sites excluding steroid dienone is 2. The summed E-state index contributed by atoms with van der Waals surface area (Å²) in [5.74, 6) is 0.238. The van der Waals surface area contributed by atoms with Crippen LogP contribution in [0.25, 0.3) is 0 Å². The molecule has 1 N–H and O–H groups in total. The maximum Gasteiger partial charge on any atom is 0.0862 e. The van der Waals surface area contributed by atoms with Gasteiger partial charge in [0.25, 0.3) is 0 Å². The van der Waals surface area contributed by atoms with Crippen molar-refractivity contribution in [3.05, 3.63) is 24.3 Å². The Morgan fingerprint density at radius 2 is 2.11 bits per heavy atom. The van der Waals surface area contributed by atoms with E-state index in [0.29, 0.717) is 0 Å². The maximum absolute atomic E-state index is 9.50. The molecule has 1 aliphatic carbocycles. The molecular formula is C8H12O. The predicted molar refractivity (Wildman–Crippen MR) is 38.1 cm³/mol. The molecule has 1 nitrogen and oxygen atoms in total. The van der Waals surface area contributed by atoms with E-state index in [9.17, 15) is 5.11 Å². The van der Waals surface area contributed by atoms with Gasteiger partial charge in [0.1, 0.15) is 0 Å². The van der Waals surface area contributed by atoms with Crippen LogP contribution in [0.15, 0.2) is 24.3 Å².